The van der Waals surface area contributed by atoms with Crippen molar-refractivity contribution in [3.63, 3.8) is 0 Å². The van der Waals surface area contributed by atoms with Gasteiger partial charge in [-0.3, -0.25) is 4.79 Å². The van der Waals surface area contributed by atoms with Crippen molar-refractivity contribution in [1.82, 2.24) is 5.32 Å². The van der Waals surface area contributed by atoms with Crippen LogP contribution in [0.25, 0.3) is 0 Å². The lowest BCUT2D eigenvalue weighted by atomic mass is 9.89. The van der Waals surface area contributed by atoms with Crippen molar-refractivity contribution in [2.45, 2.75) is 52.7 Å². The summed E-state index contributed by atoms with van der Waals surface area (Å²) in [6.45, 7) is 10.2. The van der Waals surface area contributed by atoms with Crippen molar-refractivity contribution < 1.29 is 14.3 Å². The van der Waals surface area contributed by atoms with Gasteiger partial charge in [0.2, 0.25) is 0 Å². The summed E-state index contributed by atoms with van der Waals surface area (Å²) >= 11 is 0. The second-order valence-electron chi connectivity index (χ2n) is 7.75. The zero-order chi connectivity index (χ0) is 19.1. The molecule has 2 aromatic rings. The fourth-order valence-corrected chi connectivity index (χ4v) is 3.53. The number of fused-ring (bicyclic) bond motifs is 1. The molecule has 1 atom stereocenters. The van der Waals surface area contributed by atoms with Crippen LogP contribution in [0.5, 0.6) is 11.5 Å². The summed E-state index contributed by atoms with van der Waals surface area (Å²) in [4.78, 5) is 13.0. The zero-order valence-corrected chi connectivity index (χ0v) is 16.4. The normalized spacial score (nSPS) is 17.8. The van der Waals surface area contributed by atoms with E-state index < -0.39 is 0 Å². The number of benzene rings is 2. The van der Waals surface area contributed by atoms with Gasteiger partial charge in [-0.15, -0.1) is 0 Å². The van der Waals surface area contributed by atoms with E-state index in [0.717, 1.165) is 33.8 Å². The number of nitrogens with one attached hydrogen (secondary N) is 1. The Hall–Kier alpha value is -2.49. The molecule has 0 bridgehead atoms. The largest absolute Gasteiger partial charge is 0.497 e. The van der Waals surface area contributed by atoms with E-state index in [2.05, 4.69) is 18.3 Å². The van der Waals surface area contributed by atoms with Gasteiger partial charge >= 0.3 is 0 Å². The van der Waals surface area contributed by atoms with Gasteiger partial charge in [-0.1, -0.05) is 6.07 Å². The molecule has 0 aromatic heterocycles. The maximum absolute atomic E-state index is 13.0. The number of aryl methyl sites for hydroxylation is 3. The number of rotatable bonds is 3. The van der Waals surface area contributed by atoms with Crippen LogP contribution in [0, 0.1) is 20.8 Å². The maximum atomic E-state index is 13.0. The highest BCUT2D eigenvalue weighted by Crippen LogP contribution is 2.41. The van der Waals surface area contributed by atoms with Gasteiger partial charge in [0.1, 0.15) is 17.1 Å². The molecular formula is C22H27NO3. The number of hydrogen-bond donors (Lipinski definition) is 1. The molecule has 0 saturated carbocycles. The first kappa shape index (κ1) is 18.3. The van der Waals surface area contributed by atoms with Crippen LogP contribution in [0.3, 0.4) is 0 Å². The summed E-state index contributed by atoms with van der Waals surface area (Å²) in [7, 11) is 1.64. The molecule has 2 aromatic carbocycles. The van der Waals surface area contributed by atoms with Crippen molar-refractivity contribution in [3.05, 3.63) is 58.1 Å². The molecule has 3 rings (SSSR count). The van der Waals surface area contributed by atoms with Gasteiger partial charge in [-0.25, -0.2) is 0 Å². The topological polar surface area (TPSA) is 47.6 Å². The van der Waals surface area contributed by atoms with Gasteiger partial charge in [-0.05, 0) is 75.6 Å². The molecule has 0 radical (unpaired) electrons. The highest BCUT2D eigenvalue weighted by molar-refractivity contribution is 5.96. The quantitative estimate of drug-likeness (QED) is 0.873. The van der Waals surface area contributed by atoms with Crippen LogP contribution in [0.4, 0.5) is 0 Å². The lowest BCUT2D eigenvalue weighted by Gasteiger charge is -2.38. The molecule has 1 amide bonds. The fraction of sp³-hybridized carbons (Fsp3) is 0.409. The van der Waals surface area contributed by atoms with E-state index in [-0.39, 0.29) is 17.6 Å². The van der Waals surface area contributed by atoms with Crippen LogP contribution in [0.2, 0.25) is 0 Å². The van der Waals surface area contributed by atoms with E-state index in [1.54, 1.807) is 7.11 Å². The Labute approximate surface area is 155 Å². The molecule has 138 valence electrons. The molecule has 1 unspecified atom stereocenters. The predicted molar refractivity (Wildman–Crippen MR) is 103 cm³/mol. The Morgan fingerprint density at radius 3 is 2.50 bits per heavy atom. The van der Waals surface area contributed by atoms with Gasteiger partial charge in [0, 0.05) is 17.5 Å². The Morgan fingerprint density at radius 2 is 1.81 bits per heavy atom. The second kappa shape index (κ2) is 6.67. The minimum Gasteiger partial charge on any atom is -0.497 e. The van der Waals surface area contributed by atoms with Crippen LogP contribution in [0.1, 0.15) is 58.9 Å². The SMILES string of the molecule is COc1ccc2c(c1)C(NC(=O)c1cc(C)c(C)cc1C)CC(C)(C)O2. The molecule has 1 N–H and O–H groups in total. The van der Waals surface area contributed by atoms with E-state index in [1.165, 1.54) is 5.56 Å². The Kier molecular flexibility index (Phi) is 4.70. The summed E-state index contributed by atoms with van der Waals surface area (Å²) in [6.07, 6.45) is 0.697. The smallest absolute Gasteiger partial charge is 0.252 e. The Morgan fingerprint density at radius 1 is 1.12 bits per heavy atom. The van der Waals surface area contributed by atoms with Gasteiger partial charge in [0.05, 0.1) is 13.2 Å². The third-order valence-corrected chi connectivity index (χ3v) is 5.06. The van der Waals surface area contributed by atoms with Crippen molar-refractivity contribution in [3.8, 4) is 11.5 Å². The lowest BCUT2D eigenvalue weighted by Crippen LogP contribution is -2.41. The molecule has 1 aliphatic heterocycles. The summed E-state index contributed by atoms with van der Waals surface area (Å²) in [6, 6.07) is 9.65. The standard InChI is InChI=1S/C22H27NO3/c1-13-9-15(3)17(10-14(13)2)21(24)23-19-12-22(4,5)26-20-8-7-16(25-6)11-18(19)20/h7-11,19H,12H2,1-6H3,(H,23,24). The molecule has 0 aliphatic carbocycles. The van der Waals surface area contributed by atoms with Crippen LogP contribution >= 0.6 is 0 Å². The van der Waals surface area contributed by atoms with Crippen molar-refractivity contribution >= 4 is 5.91 Å². The first-order valence-electron chi connectivity index (χ1n) is 8.96. The summed E-state index contributed by atoms with van der Waals surface area (Å²) in [5, 5.41) is 3.21. The van der Waals surface area contributed by atoms with Crippen LogP contribution in [-0.4, -0.2) is 18.6 Å². The number of carbonyl (C=O) groups is 1. The third-order valence-electron chi connectivity index (χ3n) is 5.06. The van der Waals surface area contributed by atoms with Gasteiger partial charge in [-0.2, -0.15) is 0 Å². The van der Waals surface area contributed by atoms with E-state index >= 15 is 0 Å². The maximum Gasteiger partial charge on any atom is 0.252 e. The van der Waals surface area contributed by atoms with E-state index in [9.17, 15) is 4.79 Å². The van der Waals surface area contributed by atoms with E-state index in [1.807, 2.05) is 52.0 Å². The number of amides is 1. The molecule has 26 heavy (non-hydrogen) atoms. The van der Waals surface area contributed by atoms with Crippen molar-refractivity contribution in [1.29, 1.82) is 0 Å². The molecule has 4 heteroatoms. The average Bonchev–Trinajstić information content (AvgIpc) is 2.56. The summed E-state index contributed by atoms with van der Waals surface area (Å²) < 4.78 is 11.4. The molecule has 4 nitrogen and oxygen atoms in total. The second-order valence-corrected chi connectivity index (χ2v) is 7.75. The van der Waals surface area contributed by atoms with Crippen LogP contribution in [0.15, 0.2) is 30.3 Å². The Bertz CT molecular complexity index is 855. The number of ether oxygens (including phenoxy) is 2. The predicted octanol–water partition coefficient (Wildman–Crippen LogP) is 4.65. The van der Waals surface area contributed by atoms with Gasteiger partial charge in [0.25, 0.3) is 5.91 Å². The van der Waals surface area contributed by atoms with Crippen LogP contribution < -0.4 is 14.8 Å². The number of carbonyl (C=O) groups excluding carboxylic acids is 1. The fourth-order valence-electron chi connectivity index (χ4n) is 3.53. The van der Waals surface area contributed by atoms with Gasteiger partial charge < -0.3 is 14.8 Å². The van der Waals surface area contributed by atoms with Crippen molar-refractivity contribution in [2.75, 3.05) is 7.11 Å². The Balaban J connectivity index is 1.94. The molecule has 0 spiro atoms. The zero-order valence-electron chi connectivity index (χ0n) is 16.4. The first-order chi connectivity index (χ1) is 12.2. The first-order valence-corrected chi connectivity index (χ1v) is 8.96. The average molecular weight is 353 g/mol. The number of methoxy groups -OCH3 is 1. The highest BCUT2D eigenvalue weighted by atomic mass is 16.5. The minimum absolute atomic E-state index is 0.0536. The molecule has 1 heterocycles. The van der Waals surface area contributed by atoms with E-state index in [4.69, 9.17) is 9.47 Å². The minimum atomic E-state index is -0.349. The molecule has 1 aliphatic rings. The monoisotopic (exact) mass is 353 g/mol. The highest BCUT2D eigenvalue weighted by Gasteiger charge is 2.35. The molecular weight excluding hydrogens is 326 g/mol. The van der Waals surface area contributed by atoms with E-state index in [0.29, 0.717) is 6.42 Å². The molecule has 0 fully saturated rings. The number of hydrogen-bond acceptors (Lipinski definition) is 3. The summed E-state index contributed by atoms with van der Waals surface area (Å²) in [5.41, 5.74) is 4.64. The van der Waals surface area contributed by atoms with Crippen molar-refractivity contribution in [2.24, 2.45) is 0 Å². The third kappa shape index (κ3) is 3.55. The molecule has 0 saturated heterocycles. The lowest BCUT2D eigenvalue weighted by molar-refractivity contribution is 0.0618. The summed E-state index contributed by atoms with van der Waals surface area (Å²) in [5.74, 6) is 1.50. The van der Waals surface area contributed by atoms with Gasteiger partial charge in [0.15, 0.2) is 0 Å². The van der Waals surface area contributed by atoms with Crippen LogP contribution in [-0.2, 0) is 0 Å².